The molecule has 2 unspecified atom stereocenters. The summed E-state index contributed by atoms with van der Waals surface area (Å²) >= 11 is 3.32. The van der Waals surface area contributed by atoms with E-state index in [0.717, 1.165) is 30.2 Å². The highest BCUT2D eigenvalue weighted by Crippen LogP contribution is 2.32. The van der Waals surface area contributed by atoms with Crippen LogP contribution >= 0.6 is 15.9 Å². The molecule has 4 nitrogen and oxygen atoms in total. The van der Waals surface area contributed by atoms with E-state index in [0.29, 0.717) is 17.2 Å². The van der Waals surface area contributed by atoms with Crippen molar-refractivity contribution in [3.05, 3.63) is 28.2 Å². The number of nitrogen functional groups attached to an aromatic ring is 1. The largest absolute Gasteiger partial charge is 0.398 e. The van der Waals surface area contributed by atoms with Crippen molar-refractivity contribution in [2.75, 3.05) is 12.3 Å². The minimum atomic E-state index is -0.506. The first kappa shape index (κ1) is 15.3. The second-order valence-electron chi connectivity index (χ2n) is 5.83. The van der Waals surface area contributed by atoms with E-state index in [4.69, 9.17) is 5.73 Å². The molecule has 110 valence electrons. The number of benzene rings is 1. The zero-order valence-electron chi connectivity index (χ0n) is 11.7. The molecule has 2 atom stereocenters. The van der Waals surface area contributed by atoms with Gasteiger partial charge in [-0.2, -0.15) is 0 Å². The van der Waals surface area contributed by atoms with E-state index in [-0.39, 0.29) is 12.5 Å². The number of nitrogens with one attached hydrogen (secondary N) is 1. The van der Waals surface area contributed by atoms with Gasteiger partial charge in [-0.1, -0.05) is 35.7 Å². The Morgan fingerprint density at radius 3 is 2.95 bits per heavy atom. The average molecular weight is 341 g/mol. The van der Waals surface area contributed by atoms with Crippen LogP contribution in [-0.4, -0.2) is 23.2 Å². The number of nitrogens with two attached hydrogens (primary N) is 1. The summed E-state index contributed by atoms with van der Waals surface area (Å²) in [6, 6.07) is 5.20. The van der Waals surface area contributed by atoms with Crippen molar-refractivity contribution in [1.29, 1.82) is 0 Å². The number of hydrogen-bond acceptors (Lipinski definition) is 3. The highest BCUT2D eigenvalue weighted by atomic mass is 79.9. The number of halogens is 1. The van der Waals surface area contributed by atoms with Crippen molar-refractivity contribution < 1.29 is 9.90 Å². The zero-order valence-corrected chi connectivity index (χ0v) is 13.2. The molecule has 2 rings (SSSR count). The number of carbonyl (C=O) groups excluding carboxylic acids is 1. The number of carbonyl (C=O) groups is 1. The lowest BCUT2D eigenvalue weighted by Crippen LogP contribution is -2.53. The number of anilines is 1. The molecule has 1 aliphatic rings. The summed E-state index contributed by atoms with van der Waals surface area (Å²) < 4.78 is 0.842. The molecule has 1 aromatic rings. The lowest BCUT2D eigenvalue weighted by molar-refractivity contribution is 0.0698. The van der Waals surface area contributed by atoms with E-state index in [1.807, 2.05) is 0 Å². The molecule has 20 heavy (non-hydrogen) atoms. The van der Waals surface area contributed by atoms with Crippen molar-refractivity contribution in [2.24, 2.45) is 5.92 Å². The lowest BCUT2D eigenvalue weighted by atomic mass is 9.76. The van der Waals surface area contributed by atoms with Crippen molar-refractivity contribution >= 4 is 27.5 Å². The van der Waals surface area contributed by atoms with Crippen LogP contribution in [0.3, 0.4) is 0 Å². The molecular weight excluding hydrogens is 320 g/mol. The maximum Gasteiger partial charge on any atom is 0.253 e. The van der Waals surface area contributed by atoms with Crippen LogP contribution in [-0.2, 0) is 0 Å². The van der Waals surface area contributed by atoms with Crippen LogP contribution in [0.5, 0.6) is 0 Å². The van der Waals surface area contributed by atoms with E-state index in [9.17, 15) is 9.90 Å². The molecule has 1 amide bonds. The quantitative estimate of drug-likeness (QED) is 0.740. The molecule has 1 aromatic carbocycles. The number of aliphatic hydroxyl groups is 1. The summed E-state index contributed by atoms with van der Waals surface area (Å²) in [6.45, 7) is 2.13. The van der Waals surface area contributed by atoms with Gasteiger partial charge in [0.1, 0.15) is 0 Å². The van der Waals surface area contributed by atoms with Gasteiger partial charge < -0.3 is 16.2 Å². The minimum Gasteiger partial charge on any atom is -0.398 e. The summed E-state index contributed by atoms with van der Waals surface area (Å²) in [7, 11) is 0. The van der Waals surface area contributed by atoms with E-state index >= 15 is 0 Å². The van der Waals surface area contributed by atoms with Crippen LogP contribution in [0.1, 0.15) is 43.0 Å². The van der Waals surface area contributed by atoms with E-state index in [1.54, 1.807) is 18.2 Å². The molecule has 0 aliphatic heterocycles. The molecule has 4 N–H and O–H groups in total. The summed E-state index contributed by atoms with van der Waals surface area (Å²) in [5.41, 5.74) is 6.28. The summed E-state index contributed by atoms with van der Waals surface area (Å²) in [4.78, 5) is 12.4. The third-order valence-corrected chi connectivity index (χ3v) is 4.52. The Bertz CT molecular complexity index is 507. The van der Waals surface area contributed by atoms with Gasteiger partial charge in [0.25, 0.3) is 5.91 Å². The molecule has 5 heteroatoms. The molecule has 1 saturated carbocycles. The summed E-state index contributed by atoms with van der Waals surface area (Å²) in [5.74, 6) is 0.302. The number of rotatable bonds is 3. The summed E-state index contributed by atoms with van der Waals surface area (Å²) in [5, 5.41) is 12.7. The molecule has 0 aromatic heterocycles. The van der Waals surface area contributed by atoms with Gasteiger partial charge in [-0.3, -0.25) is 4.79 Å². The predicted molar refractivity (Wildman–Crippen MR) is 83.5 cm³/mol. The molecule has 0 radical (unpaired) electrons. The molecular formula is C15H21BrN2O2. The topological polar surface area (TPSA) is 75.3 Å². The number of amides is 1. The van der Waals surface area contributed by atoms with Gasteiger partial charge >= 0.3 is 0 Å². The van der Waals surface area contributed by atoms with E-state index in [2.05, 4.69) is 28.2 Å². The van der Waals surface area contributed by atoms with Gasteiger partial charge in [-0.05, 0) is 37.0 Å². The zero-order chi connectivity index (χ0) is 14.8. The Hall–Kier alpha value is -1.07. The van der Waals surface area contributed by atoms with Crippen LogP contribution in [0.4, 0.5) is 5.69 Å². The third-order valence-electron chi connectivity index (χ3n) is 4.03. The van der Waals surface area contributed by atoms with Crippen molar-refractivity contribution in [3.63, 3.8) is 0 Å². The molecule has 0 bridgehead atoms. The van der Waals surface area contributed by atoms with Crippen LogP contribution in [0.15, 0.2) is 22.7 Å². The first-order valence-corrected chi connectivity index (χ1v) is 7.73. The van der Waals surface area contributed by atoms with Crippen molar-refractivity contribution in [2.45, 2.75) is 38.1 Å². The molecule has 0 saturated heterocycles. The Balaban J connectivity index is 2.16. The van der Waals surface area contributed by atoms with Gasteiger partial charge in [-0.15, -0.1) is 0 Å². The predicted octanol–water partition coefficient (Wildman–Crippen LogP) is 2.70. The van der Waals surface area contributed by atoms with Gasteiger partial charge in [0.15, 0.2) is 0 Å². The smallest absolute Gasteiger partial charge is 0.253 e. The van der Waals surface area contributed by atoms with Gasteiger partial charge in [0.2, 0.25) is 0 Å². The maximum atomic E-state index is 12.4. The molecule has 1 aliphatic carbocycles. The first-order valence-electron chi connectivity index (χ1n) is 6.94. The van der Waals surface area contributed by atoms with Crippen LogP contribution in [0.2, 0.25) is 0 Å². The van der Waals surface area contributed by atoms with Crippen LogP contribution < -0.4 is 11.1 Å². The highest BCUT2D eigenvalue weighted by molar-refractivity contribution is 9.10. The Kier molecular flexibility index (Phi) is 4.70. The lowest BCUT2D eigenvalue weighted by Gasteiger charge is -2.39. The number of hydrogen-bond donors (Lipinski definition) is 3. The van der Waals surface area contributed by atoms with Gasteiger partial charge in [0.05, 0.1) is 17.7 Å². The van der Waals surface area contributed by atoms with Crippen molar-refractivity contribution in [1.82, 2.24) is 5.32 Å². The number of aliphatic hydroxyl groups excluding tert-OH is 1. The molecule has 0 spiro atoms. The fourth-order valence-electron chi connectivity index (χ4n) is 3.01. The second kappa shape index (κ2) is 6.14. The average Bonchev–Trinajstić information content (AvgIpc) is 2.38. The summed E-state index contributed by atoms with van der Waals surface area (Å²) in [6.07, 6.45) is 3.80. The monoisotopic (exact) mass is 340 g/mol. The first-order chi connectivity index (χ1) is 9.46. The highest BCUT2D eigenvalue weighted by Gasteiger charge is 2.36. The fourth-order valence-corrected chi connectivity index (χ4v) is 3.38. The molecule has 1 fully saturated rings. The maximum absolute atomic E-state index is 12.4. The normalized spacial score (nSPS) is 26.2. The standard InChI is InChI=1S/C15H21BrN2O2/c1-10-3-2-6-15(8-10,9-19)18-14(20)12-5-4-11(16)7-13(12)17/h4-5,7,10,19H,2-3,6,8-9,17H2,1H3,(H,18,20). The minimum absolute atomic E-state index is 0.0283. The Morgan fingerprint density at radius 2 is 2.35 bits per heavy atom. The van der Waals surface area contributed by atoms with Gasteiger partial charge in [0, 0.05) is 10.2 Å². The Labute approximate surface area is 127 Å². The van der Waals surface area contributed by atoms with E-state index in [1.165, 1.54) is 0 Å². The van der Waals surface area contributed by atoms with Gasteiger partial charge in [-0.25, -0.2) is 0 Å². The Morgan fingerprint density at radius 1 is 1.60 bits per heavy atom. The van der Waals surface area contributed by atoms with Crippen LogP contribution in [0, 0.1) is 5.92 Å². The SMILES string of the molecule is CC1CCCC(CO)(NC(=O)c2ccc(Br)cc2N)C1. The molecule has 0 heterocycles. The third kappa shape index (κ3) is 3.33. The second-order valence-corrected chi connectivity index (χ2v) is 6.74. The van der Waals surface area contributed by atoms with Crippen LogP contribution in [0.25, 0.3) is 0 Å². The van der Waals surface area contributed by atoms with E-state index < -0.39 is 5.54 Å². The fraction of sp³-hybridized carbons (Fsp3) is 0.533. The van der Waals surface area contributed by atoms with Crippen molar-refractivity contribution in [3.8, 4) is 0 Å².